The molecule has 0 saturated carbocycles. The largest absolute Gasteiger partial charge is 0.0976 e. The molecule has 1 unspecified atom stereocenters. The molecule has 0 saturated heterocycles. The third-order valence-corrected chi connectivity index (χ3v) is 1.66. The number of rotatable bonds is 1. The number of hydrogen-bond acceptors (Lipinski definition) is 0. The molecule has 0 radical (unpaired) electrons. The van der Waals surface area contributed by atoms with Gasteiger partial charge in [0.25, 0.3) is 0 Å². The summed E-state index contributed by atoms with van der Waals surface area (Å²) in [5.74, 6) is 6.90. The van der Waals surface area contributed by atoms with Crippen molar-refractivity contribution in [3.8, 4) is 11.8 Å². The minimum atomic E-state index is 0.728. The minimum Gasteiger partial charge on any atom is -0.0976 e. The maximum Gasteiger partial charge on any atom is 0.0156 e. The highest BCUT2D eigenvalue weighted by Gasteiger charge is 2.02. The first-order valence-electron chi connectivity index (χ1n) is 3.50. The Labute approximate surface area is 57.0 Å². The lowest BCUT2D eigenvalue weighted by Crippen LogP contribution is -1.96. The molecule has 0 bridgehead atoms. The normalized spacial score (nSPS) is 24.2. The first kappa shape index (κ1) is 6.42. The Balaban J connectivity index is 2.61. The zero-order chi connectivity index (χ0) is 6.69. The van der Waals surface area contributed by atoms with Crippen molar-refractivity contribution in [3.05, 3.63) is 11.6 Å². The third-order valence-electron chi connectivity index (χ3n) is 1.66. The highest BCUT2D eigenvalue weighted by molar-refractivity contribution is 5.30. The third kappa shape index (κ3) is 1.61. The molecule has 9 heavy (non-hydrogen) atoms. The van der Waals surface area contributed by atoms with E-state index in [2.05, 4.69) is 31.8 Å². The van der Waals surface area contributed by atoms with Crippen LogP contribution in [0, 0.1) is 17.8 Å². The molecule has 0 nitrogen and oxygen atoms in total. The first-order chi connectivity index (χ1) is 4.33. The molecule has 48 valence electrons. The minimum absolute atomic E-state index is 0.728. The number of hydrogen-bond donors (Lipinski definition) is 0. The summed E-state index contributed by atoms with van der Waals surface area (Å²) in [5, 5.41) is 0. The van der Waals surface area contributed by atoms with Crippen molar-refractivity contribution in [2.45, 2.75) is 26.7 Å². The van der Waals surface area contributed by atoms with Gasteiger partial charge in [0.1, 0.15) is 0 Å². The predicted octanol–water partition coefficient (Wildman–Crippen LogP) is 2.37. The Morgan fingerprint density at radius 1 is 1.78 bits per heavy atom. The fraction of sp³-hybridized carbons (Fsp3) is 0.556. The maximum absolute atomic E-state index is 3.12. The van der Waals surface area contributed by atoms with Crippen LogP contribution in [0.4, 0.5) is 0 Å². The van der Waals surface area contributed by atoms with Gasteiger partial charge in [-0.15, -0.1) is 0 Å². The molecule has 1 aliphatic carbocycles. The molecule has 1 rings (SSSR count). The lowest BCUT2D eigenvalue weighted by Gasteiger charge is -2.08. The van der Waals surface area contributed by atoms with Gasteiger partial charge in [-0.05, 0) is 24.8 Å². The number of allylic oxidation sites excluding steroid dienone is 2. The molecular weight excluding hydrogens is 108 g/mol. The zero-order valence-electron chi connectivity index (χ0n) is 6.07. The molecule has 0 heterocycles. The van der Waals surface area contributed by atoms with Crippen LogP contribution in [0.5, 0.6) is 0 Å². The second-order valence-corrected chi connectivity index (χ2v) is 2.52. The molecule has 0 heteroatoms. The van der Waals surface area contributed by atoms with Crippen LogP contribution < -0.4 is 0 Å². The maximum atomic E-state index is 3.12. The van der Waals surface area contributed by atoms with Gasteiger partial charge in [-0.25, -0.2) is 0 Å². The second-order valence-electron chi connectivity index (χ2n) is 2.52. The van der Waals surface area contributed by atoms with Crippen LogP contribution in [0.1, 0.15) is 26.7 Å². The van der Waals surface area contributed by atoms with Gasteiger partial charge >= 0.3 is 0 Å². The van der Waals surface area contributed by atoms with Crippen molar-refractivity contribution in [3.63, 3.8) is 0 Å². The van der Waals surface area contributed by atoms with Crippen LogP contribution in [0.15, 0.2) is 11.6 Å². The highest BCUT2D eigenvalue weighted by Crippen LogP contribution is 2.14. The van der Waals surface area contributed by atoms with Gasteiger partial charge in [0.2, 0.25) is 0 Å². The lowest BCUT2D eigenvalue weighted by molar-refractivity contribution is 0.641. The van der Waals surface area contributed by atoms with Gasteiger partial charge in [0.05, 0.1) is 0 Å². The van der Waals surface area contributed by atoms with Gasteiger partial charge in [-0.3, -0.25) is 0 Å². The van der Waals surface area contributed by atoms with E-state index in [1.807, 2.05) is 0 Å². The van der Waals surface area contributed by atoms with Crippen LogP contribution in [0.25, 0.3) is 0 Å². The fourth-order valence-electron chi connectivity index (χ4n) is 1.04. The fourth-order valence-corrected chi connectivity index (χ4v) is 1.04. The Kier molecular flexibility index (Phi) is 1.95. The molecule has 0 fully saturated rings. The average Bonchev–Trinajstić information content (AvgIpc) is 1.88. The highest BCUT2D eigenvalue weighted by atomic mass is 14.1. The molecule has 0 aromatic rings. The van der Waals surface area contributed by atoms with Crippen molar-refractivity contribution in [1.82, 2.24) is 0 Å². The Hall–Kier alpha value is -0.700. The van der Waals surface area contributed by atoms with Crippen molar-refractivity contribution < 1.29 is 0 Å². The monoisotopic (exact) mass is 120 g/mol. The van der Waals surface area contributed by atoms with Gasteiger partial charge in [-0.2, -0.15) is 0 Å². The van der Waals surface area contributed by atoms with Crippen molar-refractivity contribution in [2.24, 2.45) is 5.92 Å². The molecule has 0 aromatic carbocycles. The lowest BCUT2D eigenvalue weighted by atomic mass is 9.97. The predicted molar refractivity (Wildman–Crippen MR) is 39.9 cm³/mol. The standard InChI is InChI=1S/C9H12/c1-3-9-6-4-5-8(2)7-9/h7,9H,3,6H2,1-2H3. The molecule has 0 aliphatic heterocycles. The molecule has 0 N–H and O–H groups in total. The first-order valence-corrected chi connectivity index (χ1v) is 3.50. The van der Waals surface area contributed by atoms with E-state index in [-0.39, 0.29) is 0 Å². The summed E-state index contributed by atoms with van der Waals surface area (Å²) in [5.41, 5.74) is 1.24. The molecule has 1 atom stereocenters. The van der Waals surface area contributed by atoms with Crippen molar-refractivity contribution in [1.29, 1.82) is 0 Å². The van der Waals surface area contributed by atoms with Gasteiger partial charge in [0, 0.05) is 6.42 Å². The van der Waals surface area contributed by atoms with Crippen LogP contribution in [0.3, 0.4) is 0 Å². The average molecular weight is 120 g/mol. The Bertz CT molecular complexity index is 176. The Morgan fingerprint density at radius 2 is 2.56 bits per heavy atom. The molecule has 0 aromatic heterocycles. The van der Waals surface area contributed by atoms with Crippen LogP contribution >= 0.6 is 0 Å². The van der Waals surface area contributed by atoms with Gasteiger partial charge in [0.15, 0.2) is 0 Å². The van der Waals surface area contributed by atoms with E-state index in [1.54, 1.807) is 0 Å². The van der Waals surface area contributed by atoms with E-state index in [4.69, 9.17) is 0 Å². The van der Waals surface area contributed by atoms with E-state index in [0.29, 0.717) is 0 Å². The summed E-state index contributed by atoms with van der Waals surface area (Å²) in [6.45, 7) is 4.29. The summed E-state index contributed by atoms with van der Waals surface area (Å²) in [4.78, 5) is 0. The molecule has 1 aliphatic rings. The summed E-state index contributed by atoms with van der Waals surface area (Å²) in [7, 11) is 0. The summed E-state index contributed by atoms with van der Waals surface area (Å²) in [6, 6.07) is 0. The van der Waals surface area contributed by atoms with Gasteiger partial charge < -0.3 is 0 Å². The van der Waals surface area contributed by atoms with Gasteiger partial charge in [-0.1, -0.05) is 24.8 Å². The van der Waals surface area contributed by atoms with E-state index in [1.165, 1.54) is 12.0 Å². The van der Waals surface area contributed by atoms with E-state index in [9.17, 15) is 0 Å². The quantitative estimate of drug-likeness (QED) is 0.466. The molecule has 0 amide bonds. The van der Waals surface area contributed by atoms with Crippen molar-refractivity contribution >= 4 is 0 Å². The second kappa shape index (κ2) is 2.73. The van der Waals surface area contributed by atoms with E-state index >= 15 is 0 Å². The van der Waals surface area contributed by atoms with Crippen LogP contribution in [-0.2, 0) is 0 Å². The Morgan fingerprint density at radius 3 is 3.00 bits per heavy atom. The zero-order valence-corrected chi connectivity index (χ0v) is 6.07. The van der Waals surface area contributed by atoms with E-state index < -0.39 is 0 Å². The topological polar surface area (TPSA) is 0 Å². The summed E-state index contributed by atoms with van der Waals surface area (Å²) < 4.78 is 0. The van der Waals surface area contributed by atoms with Crippen LogP contribution in [-0.4, -0.2) is 0 Å². The smallest absolute Gasteiger partial charge is 0.0156 e. The SMILES string of the molecule is CCC1C=C(C)C#CC1. The summed E-state index contributed by atoms with van der Waals surface area (Å²) in [6.07, 6.45) is 4.57. The van der Waals surface area contributed by atoms with Crippen LogP contribution in [0.2, 0.25) is 0 Å². The summed E-state index contributed by atoms with van der Waals surface area (Å²) >= 11 is 0. The van der Waals surface area contributed by atoms with Crippen molar-refractivity contribution in [2.75, 3.05) is 0 Å². The molecular formula is C9H12. The molecule has 0 spiro atoms. The van der Waals surface area contributed by atoms with E-state index in [0.717, 1.165) is 12.3 Å².